The largest absolute Gasteiger partial charge is 0.573 e. The number of hydrogen-bond donors (Lipinski definition) is 4. The predicted molar refractivity (Wildman–Crippen MR) is 214 cm³/mol. The lowest BCUT2D eigenvalue weighted by Gasteiger charge is -2.44. The van der Waals surface area contributed by atoms with Crippen LogP contribution in [0.5, 0.6) is 5.75 Å². The smallest absolute Gasteiger partial charge is 0.453 e. The number of piperazine rings is 1. The van der Waals surface area contributed by atoms with Crippen molar-refractivity contribution in [2.75, 3.05) is 44.0 Å². The first-order chi connectivity index (χ1) is 28.1. The van der Waals surface area contributed by atoms with E-state index in [9.17, 15) is 32.3 Å². The molecule has 0 spiro atoms. The molecule has 15 nitrogen and oxygen atoms in total. The van der Waals surface area contributed by atoms with Crippen LogP contribution in [0.3, 0.4) is 0 Å². The van der Waals surface area contributed by atoms with Gasteiger partial charge in [-0.15, -0.1) is 13.2 Å². The number of alkyl halides is 3. The number of imidazole rings is 1. The zero-order valence-corrected chi connectivity index (χ0v) is 33.6. The Bertz CT molecular complexity index is 2140. The molecular weight excluding hydrogens is 772 g/mol. The normalized spacial score (nSPS) is 18.7. The van der Waals surface area contributed by atoms with Gasteiger partial charge >= 0.3 is 18.5 Å². The Morgan fingerprint density at radius 2 is 1.64 bits per heavy atom. The summed E-state index contributed by atoms with van der Waals surface area (Å²) in [4.78, 5) is 68.8. The minimum Gasteiger partial charge on any atom is -0.453 e. The lowest BCUT2D eigenvalue weighted by molar-refractivity contribution is -0.274. The first kappa shape index (κ1) is 42.3. The average molecular weight is 820 g/mol. The minimum absolute atomic E-state index is 0.0368. The van der Waals surface area contributed by atoms with E-state index in [0.29, 0.717) is 54.5 Å². The first-order valence-corrected chi connectivity index (χ1v) is 19.3. The zero-order valence-electron chi connectivity index (χ0n) is 33.6. The molecule has 4 N–H and O–H groups in total. The van der Waals surface area contributed by atoms with Gasteiger partial charge in [-0.1, -0.05) is 38.1 Å². The highest BCUT2D eigenvalue weighted by molar-refractivity contribution is 6.04. The number of anilines is 2. The van der Waals surface area contributed by atoms with Crippen molar-refractivity contribution in [3.05, 3.63) is 78.4 Å². The second-order valence-corrected chi connectivity index (χ2v) is 15.0. The van der Waals surface area contributed by atoms with Crippen molar-refractivity contribution in [3.63, 3.8) is 0 Å². The highest BCUT2D eigenvalue weighted by Gasteiger charge is 2.38. The third-order valence-corrected chi connectivity index (χ3v) is 10.6. The number of H-pyrrole nitrogens is 1. The van der Waals surface area contributed by atoms with Gasteiger partial charge in [0, 0.05) is 62.3 Å². The molecule has 2 aliphatic heterocycles. The minimum atomic E-state index is -5.01. The second-order valence-electron chi connectivity index (χ2n) is 15.0. The highest BCUT2D eigenvalue weighted by Crippen LogP contribution is 2.38. The maximum Gasteiger partial charge on any atom is 0.573 e. The van der Waals surface area contributed by atoms with Crippen LogP contribution in [0.15, 0.2) is 67.0 Å². The number of likely N-dealkylation sites (tertiary alicyclic amines) is 1. The first-order valence-electron chi connectivity index (χ1n) is 19.3. The Kier molecular flexibility index (Phi) is 12.7. The van der Waals surface area contributed by atoms with Gasteiger partial charge < -0.3 is 45.1 Å². The van der Waals surface area contributed by atoms with Gasteiger partial charge in [0.1, 0.15) is 23.4 Å². The fraction of sp³-hybridized carbons (Fsp3) is 0.415. The van der Waals surface area contributed by atoms with Crippen LogP contribution in [0.2, 0.25) is 0 Å². The van der Waals surface area contributed by atoms with E-state index >= 15 is 0 Å². The van der Waals surface area contributed by atoms with Crippen LogP contribution in [0.1, 0.15) is 62.8 Å². The maximum atomic E-state index is 13.7. The number of nitrogens with zero attached hydrogens (tertiary/aromatic N) is 5. The molecule has 2 saturated heterocycles. The molecule has 6 rings (SSSR count). The molecule has 314 valence electrons. The monoisotopic (exact) mass is 819 g/mol. The summed E-state index contributed by atoms with van der Waals surface area (Å²) >= 11 is 0. The van der Waals surface area contributed by atoms with Crippen molar-refractivity contribution in [2.24, 2.45) is 5.92 Å². The van der Waals surface area contributed by atoms with E-state index in [1.54, 1.807) is 59.4 Å². The number of alkyl carbamates (subject to hydrolysis) is 1. The van der Waals surface area contributed by atoms with E-state index < -0.39 is 30.2 Å². The van der Waals surface area contributed by atoms with Gasteiger partial charge in [0.2, 0.25) is 5.91 Å². The number of aromatic amines is 1. The molecule has 5 amide bonds. The number of carbonyl (C=O) groups is 4. The standard InChI is InChI=1S/C41H48F3N9O6/c1-23(2)35(50-40(57)58-6)38(55)51-17-7-8-32(51)36-47-20-31(49-36)27-11-9-26(10-12-27)30-15-14-29(18-33(30)59-41(42,43)44)48-37(54)28-13-16-34(46-19-28)52-21-25(4)53(22-24(52)3)39(56)45-5/h9-16,18-20,23-25,32,35H,7-8,17,21-22H2,1-6H3,(H,45,56)(H,47,49)(H,48,54)(H,50,57). The summed E-state index contributed by atoms with van der Waals surface area (Å²) in [5.74, 6) is -0.308. The van der Waals surface area contributed by atoms with Crippen LogP contribution in [-0.2, 0) is 9.53 Å². The summed E-state index contributed by atoms with van der Waals surface area (Å²) in [6.07, 6.45) is -1.25. The van der Waals surface area contributed by atoms with Crippen molar-refractivity contribution < 1.29 is 41.8 Å². The molecule has 0 aliphatic carbocycles. The number of nitrogens with one attached hydrogen (secondary N) is 4. The third-order valence-electron chi connectivity index (χ3n) is 10.6. The molecule has 0 bridgehead atoms. The molecule has 2 aromatic carbocycles. The van der Waals surface area contributed by atoms with Crippen LogP contribution in [0.4, 0.5) is 34.3 Å². The molecule has 2 aromatic heterocycles. The van der Waals surface area contributed by atoms with Gasteiger partial charge in [0.05, 0.1) is 30.6 Å². The SMILES string of the molecule is CNC(=O)N1CC(C)N(c2ccc(C(=O)Nc3ccc(-c4ccc(-c5cnc(C6CCCN6C(=O)C(NC(=O)OC)C(C)C)[nH]5)cc4)c(OC(F)(F)F)c3)cn2)CC1C. The molecule has 0 saturated carbocycles. The molecule has 2 fully saturated rings. The molecule has 4 aromatic rings. The Labute approximate surface area is 339 Å². The van der Waals surface area contributed by atoms with Gasteiger partial charge in [-0.2, -0.15) is 0 Å². The van der Waals surface area contributed by atoms with Gasteiger partial charge in [-0.25, -0.2) is 19.6 Å². The molecule has 18 heteroatoms. The number of amides is 5. The lowest BCUT2D eigenvalue weighted by atomic mass is 10.0. The van der Waals surface area contributed by atoms with Crippen LogP contribution < -0.4 is 25.6 Å². The summed E-state index contributed by atoms with van der Waals surface area (Å²) < 4.78 is 50.1. The van der Waals surface area contributed by atoms with E-state index in [-0.39, 0.29) is 52.8 Å². The number of benzene rings is 2. The Morgan fingerprint density at radius 1 is 0.915 bits per heavy atom. The van der Waals surface area contributed by atoms with Crippen LogP contribution in [-0.4, -0.2) is 107 Å². The third kappa shape index (κ3) is 9.69. The number of halogens is 3. The summed E-state index contributed by atoms with van der Waals surface area (Å²) in [6.45, 7) is 9.12. The number of hydrogen-bond acceptors (Lipinski definition) is 9. The highest BCUT2D eigenvalue weighted by atomic mass is 19.4. The average Bonchev–Trinajstić information content (AvgIpc) is 3.90. The van der Waals surface area contributed by atoms with E-state index in [1.165, 1.54) is 25.4 Å². The van der Waals surface area contributed by atoms with Crippen molar-refractivity contribution in [3.8, 4) is 28.1 Å². The molecule has 4 heterocycles. The number of methoxy groups -OCH3 is 1. The number of ether oxygens (including phenoxy) is 2. The summed E-state index contributed by atoms with van der Waals surface area (Å²) in [5, 5.41) is 7.93. The molecule has 4 unspecified atom stereocenters. The molecule has 0 radical (unpaired) electrons. The molecule has 2 aliphatic rings. The maximum absolute atomic E-state index is 13.7. The molecule has 59 heavy (non-hydrogen) atoms. The van der Waals surface area contributed by atoms with E-state index in [2.05, 4.69) is 40.5 Å². The number of carbonyl (C=O) groups excluding carboxylic acids is 4. The van der Waals surface area contributed by atoms with Crippen molar-refractivity contribution in [2.45, 2.75) is 71.1 Å². The van der Waals surface area contributed by atoms with Gasteiger partial charge in [-0.05, 0) is 68.0 Å². The van der Waals surface area contributed by atoms with E-state index in [0.717, 1.165) is 12.5 Å². The number of pyridine rings is 1. The van der Waals surface area contributed by atoms with E-state index in [4.69, 9.17) is 4.74 Å². The number of rotatable bonds is 10. The van der Waals surface area contributed by atoms with Gasteiger partial charge in [0.15, 0.2) is 0 Å². The molecule has 4 atom stereocenters. The van der Waals surface area contributed by atoms with Crippen molar-refractivity contribution >= 4 is 35.4 Å². The van der Waals surface area contributed by atoms with E-state index in [1.807, 2.05) is 27.7 Å². The van der Waals surface area contributed by atoms with Crippen LogP contribution >= 0.6 is 0 Å². The number of urea groups is 1. The predicted octanol–water partition coefficient (Wildman–Crippen LogP) is 6.57. The topological polar surface area (TPSA) is 174 Å². The van der Waals surface area contributed by atoms with Crippen LogP contribution in [0, 0.1) is 5.92 Å². The van der Waals surface area contributed by atoms with Gasteiger partial charge in [-0.3, -0.25) is 9.59 Å². The van der Waals surface area contributed by atoms with Crippen LogP contribution in [0.25, 0.3) is 22.4 Å². The Balaban J connectivity index is 1.15. The number of aromatic nitrogens is 3. The summed E-state index contributed by atoms with van der Waals surface area (Å²) in [7, 11) is 2.83. The fourth-order valence-electron chi connectivity index (χ4n) is 7.49. The fourth-order valence-corrected chi connectivity index (χ4v) is 7.49. The molecular formula is C41H48F3N9O6. The quantitative estimate of drug-likeness (QED) is 0.138. The summed E-state index contributed by atoms with van der Waals surface area (Å²) in [5.41, 5.74) is 2.18. The van der Waals surface area contributed by atoms with Crippen molar-refractivity contribution in [1.82, 2.24) is 35.4 Å². The van der Waals surface area contributed by atoms with Gasteiger partial charge in [0.25, 0.3) is 5.91 Å². The van der Waals surface area contributed by atoms with Crippen molar-refractivity contribution in [1.29, 1.82) is 0 Å². The zero-order chi connectivity index (χ0) is 42.6. The second kappa shape index (κ2) is 17.7. The Hall–Kier alpha value is -6.33. The lowest BCUT2D eigenvalue weighted by Crippen LogP contribution is -2.60. The summed E-state index contributed by atoms with van der Waals surface area (Å²) in [6, 6.07) is 12.7. The Morgan fingerprint density at radius 3 is 2.29 bits per heavy atom.